The van der Waals surface area contributed by atoms with Gasteiger partial charge in [0.1, 0.15) is 11.5 Å². The van der Waals surface area contributed by atoms with Gasteiger partial charge in [0.05, 0.1) is 0 Å². The first-order valence-electron chi connectivity index (χ1n) is 4.83. The Morgan fingerprint density at radius 2 is 1.93 bits per heavy atom. The molecule has 0 saturated heterocycles. The van der Waals surface area contributed by atoms with Crippen LogP contribution in [-0.2, 0) is 4.79 Å². The fraction of sp³-hybridized carbons (Fsp3) is 0.333. The summed E-state index contributed by atoms with van der Waals surface area (Å²) in [6, 6.07) is 4.67. The molecule has 0 bridgehead atoms. The molecule has 0 saturated carbocycles. The van der Waals surface area contributed by atoms with Crippen molar-refractivity contribution < 1.29 is 14.7 Å². The lowest BCUT2D eigenvalue weighted by atomic mass is 10.0. The maximum atomic E-state index is 11.7. The Hall–Kier alpha value is -1.64. The van der Waals surface area contributed by atoms with Gasteiger partial charge >= 0.3 is 0 Å². The fourth-order valence-corrected chi connectivity index (χ4v) is 1.33. The second-order valence-electron chi connectivity index (χ2n) is 3.62. The molecule has 0 aliphatic rings. The van der Waals surface area contributed by atoms with Crippen LogP contribution in [0.25, 0.3) is 0 Å². The standard InChI is InChI=1S/C12H14O3/c1-8-3-5-10(14)7-11(8)12(15)6-4-9(2)13/h3,5,7,14H,4,6H2,1-2H3. The second kappa shape index (κ2) is 4.73. The predicted molar refractivity (Wildman–Crippen MR) is 57.1 cm³/mol. The van der Waals surface area contributed by atoms with Gasteiger partial charge in [-0.3, -0.25) is 4.79 Å². The molecule has 0 aliphatic carbocycles. The highest BCUT2D eigenvalue weighted by atomic mass is 16.3. The molecule has 0 amide bonds. The minimum atomic E-state index is -0.0985. The number of rotatable bonds is 4. The number of hydrogen-bond acceptors (Lipinski definition) is 3. The molecular weight excluding hydrogens is 192 g/mol. The summed E-state index contributed by atoms with van der Waals surface area (Å²) in [5.41, 5.74) is 1.32. The van der Waals surface area contributed by atoms with E-state index in [1.165, 1.54) is 19.1 Å². The van der Waals surface area contributed by atoms with Gasteiger partial charge in [-0.2, -0.15) is 0 Å². The van der Waals surface area contributed by atoms with E-state index in [9.17, 15) is 14.7 Å². The number of carbonyl (C=O) groups is 2. The highest BCUT2D eigenvalue weighted by molar-refractivity contribution is 5.99. The Labute approximate surface area is 88.7 Å². The quantitative estimate of drug-likeness (QED) is 0.769. The molecule has 3 nitrogen and oxygen atoms in total. The molecule has 80 valence electrons. The first-order valence-corrected chi connectivity index (χ1v) is 4.83. The highest BCUT2D eigenvalue weighted by Crippen LogP contribution is 2.17. The van der Waals surface area contributed by atoms with E-state index in [0.29, 0.717) is 5.56 Å². The van der Waals surface area contributed by atoms with Gasteiger partial charge in [0.2, 0.25) is 0 Å². The summed E-state index contributed by atoms with van der Waals surface area (Å²) in [6.07, 6.45) is 0.466. The molecule has 0 radical (unpaired) electrons. The van der Waals surface area contributed by atoms with Crippen LogP contribution in [0.3, 0.4) is 0 Å². The smallest absolute Gasteiger partial charge is 0.163 e. The van der Waals surface area contributed by atoms with E-state index in [1.54, 1.807) is 13.0 Å². The van der Waals surface area contributed by atoms with Gasteiger partial charge < -0.3 is 9.90 Å². The highest BCUT2D eigenvalue weighted by Gasteiger charge is 2.10. The van der Waals surface area contributed by atoms with Crippen molar-refractivity contribution in [1.82, 2.24) is 0 Å². The topological polar surface area (TPSA) is 54.4 Å². The average molecular weight is 206 g/mol. The molecule has 0 fully saturated rings. The zero-order chi connectivity index (χ0) is 11.4. The molecule has 0 atom stereocenters. The lowest BCUT2D eigenvalue weighted by Gasteiger charge is -2.04. The van der Waals surface area contributed by atoms with Crippen LogP contribution in [0.5, 0.6) is 5.75 Å². The summed E-state index contributed by atoms with van der Waals surface area (Å²) in [5, 5.41) is 9.24. The third-order valence-corrected chi connectivity index (χ3v) is 2.23. The molecule has 3 heteroatoms. The number of hydrogen-bond donors (Lipinski definition) is 1. The van der Waals surface area contributed by atoms with Crippen molar-refractivity contribution in [2.45, 2.75) is 26.7 Å². The van der Waals surface area contributed by atoms with E-state index >= 15 is 0 Å². The lowest BCUT2D eigenvalue weighted by molar-refractivity contribution is -0.116. The second-order valence-corrected chi connectivity index (χ2v) is 3.62. The number of phenolic OH excluding ortho intramolecular Hbond substituents is 1. The SMILES string of the molecule is CC(=O)CCC(=O)c1cc(O)ccc1C. The van der Waals surface area contributed by atoms with Gasteiger partial charge in [-0.15, -0.1) is 0 Å². The van der Waals surface area contributed by atoms with Crippen LogP contribution < -0.4 is 0 Å². The average Bonchev–Trinajstić information content (AvgIpc) is 2.18. The predicted octanol–water partition coefficient (Wildman–Crippen LogP) is 2.25. The Balaban J connectivity index is 2.81. The van der Waals surface area contributed by atoms with Gasteiger partial charge in [-0.1, -0.05) is 6.07 Å². The molecule has 0 heterocycles. The molecule has 1 rings (SSSR count). The van der Waals surface area contributed by atoms with Crippen molar-refractivity contribution >= 4 is 11.6 Å². The van der Waals surface area contributed by atoms with Crippen LogP contribution in [0.15, 0.2) is 18.2 Å². The summed E-state index contributed by atoms with van der Waals surface area (Å²) in [4.78, 5) is 22.4. The summed E-state index contributed by atoms with van der Waals surface area (Å²) in [5.74, 6) is -0.0217. The molecule has 0 unspecified atom stereocenters. The van der Waals surface area contributed by atoms with E-state index < -0.39 is 0 Å². The van der Waals surface area contributed by atoms with E-state index in [-0.39, 0.29) is 30.2 Å². The molecule has 0 spiro atoms. The molecule has 15 heavy (non-hydrogen) atoms. The van der Waals surface area contributed by atoms with Gasteiger partial charge in [0, 0.05) is 18.4 Å². The molecule has 1 N–H and O–H groups in total. The van der Waals surface area contributed by atoms with Crippen molar-refractivity contribution in [3.05, 3.63) is 29.3 Å². The molecule has 1 aromatic carbocycles. The van der Waals surface area contributed by atoms with Crippen LogP contribution in [0.4, 0.5) is 0 Å². The number of aryl methyl sites for hydroxylation is 1. The van der Waals surface area contributed by atoms with E-state index in [2.05, 4.69) is 0 Å². The van der Waals surface area contributed by atoms with E-state index in [4.69, 9.17) is 0 Å². The minimum Gasteiger partial charge on any atom is -0.508 e. The van der Waals surface area contributed by atoms with Crippen molar-refractivity contribution in [1.29, 1.82) is 0 Å². The number of benzene rings is 1. The summed E-state index contributed by atoms with van der Waals surface area (Å²) >= 11 is 0. The van der Waals surface area contributed by atoms with E-state index in [1.807, 2.05) is 0 Å². The fourth-order valence-electron chi connectivity index (χ4n) is 1.33. The Morgan fingerprint density at radius 1 is 1.27 bits per heavy atom. The van der Waals surface area contributed by atoms with Crippen LogP contribution in [0.1, 0.15) is 35.7 Å². The van der Waals surface area contributed by atoms with Crippen molar-refractivity contribution in [2.24, 2.45) is 0 Å². The number of ketones is 2. The zero-order valence-electron chi connectivity index (χ0n) is 8.91. The third-order valence-electron chi connectivity index (χ3n) is 2.23. The number of carbonyl (C=O) groups excluding carboxylic acids is 2. The third kappa shape index (κ3) is 3.20. The van der Waals surface area contributed by atoms with Gasteiger partial charge in [-0.05, 0) is 31.5 Å². The first kappa shape index (κ1) is 11.4. The largest absolute Gasteiger partial charge is 0.508 e. The molecule has 0 aliphatic heterocycles. The van der Waals surface area contributed by atoms with Crippen LogP contribution >= 0.6 is 0 Å². The Bertz CT molecular complexity index is 394. The van der Waals surface area contributed by atoms with Crippen LogP contribution in [-0.4, -0.2) is 16.7 Å². The van der Waals surface area contributed by atoms with Crippen molar-refractivity contribution in [3.8, 4) is 5.75 Å². The van der Waals surface area contributed by atoms with Crippen molar-refractivity contribution in [2.75, 3.05) is 0 Å². The van der Waals surface area contributed by atoms with Crippen LogP contribution in [0, 0.1) is 6.92 Å². The van der Waals surface area contributed by atoms with E-state index in [0.717, 1.165) is 5.56 Å². The molecule has 0 aromatic heterocycles. The summed E-state index contributed by atoms with van der Waals surface area (Å²) in [6.45, 7) is 3.27. The number of aromatic hydroxyl groups is 1. The number of Topliss-reactive ketones (excluding diaryl/α,β-unsaturated/α-hetero) is 2. The first-order chi connectivity index (χ1) is 7.00. The monoisotopic (exact) mass is 206 g/mol. The Kier molecular flexibility index (Phi) is 3.61. The zero-order valence-corrected chi connectivity index (χ0v) is 8.91. The Morgan fingerprint density at radius 3 is 2.53 bits per heavy atom. The van der Waals surface area contributed by atoms with Gasteiger partial charge in [0.15, 0.2) is 5.78 Å². The lowest BCUT2D eigenvalue weighted by Crippen LogP contribution is -2.04. The summed E-state index contributed by atoms with van der Waals surface area (Å²) in [7, 11) is 0. The number of phenols is 1. The normalized spacial score (nSPS) is 10.0. The van der Waals surface area contributed by atoms with Crippen LogP contribution in [0.2, 0.25) is 0 Å². The van der Waals surface area contributed by atoms with Gasteiger partial charge in [0.25, 0.3) is 0 Å². The van der Waals surface area contributed by atoms with Gasteiger partial charge in [-0.25, -0.2) is 0 Å². The maximum absolute atomic E-state index is 11.7. The maximum Gasteiger partial charge on any atom is 0.163 e. The minimum absolute atomic E-state index is 0.00107. The molecular formula is C12H14O3. The summed E-state index contributed by atoms with van der Waals surface area (Å²) < 4.78 is 0. The molecule has 1 aromatic rings. The van der Waals surface area contributed by atoms with Crippen molar-refractivity contribution in [3.63, 3.8) is 0 Å².